The van der Waals surface area contributed by atoms with Crippen LogP contribution in [0, 0.1) is 11.3 Å². The lowest BCUT2D eigenvalue weighted by molar-refractivity contribution is 1.03. The summed E-state index contributed by atoms with van der Waals surface area (Å²) < 4.78 is 0. The Bertz CT molecular complexity index is 611. The quantitative estimate of drug-likeness (QED) is 0.635. The number of benzene rings is 1. The van der Waals surface area contributed by atoms with Crippen molar-refractivity contribution in [3.63, 3.8) is 0 Å². The van der Waals surface area contributed by atoms with E-state index in [1.165, 1.54) is 18.0 Å². The number of thioether (sulfide) groups is 1. The molecule has 1 aromatic heterocycles. The zero-order chi connectivity index (χ0) is 13.0. The second-order valence-corrected chi connectivity index (χ2v) is 5.10. The Morgan fingerprint density at radius 2 is 2.06 bits per heavy atom. The monoisotopic (exact) mass is 295 g/mol. The lowest BCUT2D eigenvalue weighted by atomic mass is 10.4. The molecule has 0 aliphatic rings. The van der Waals surface area contributed by atoms with E-state index in [0.29, 0.717) is 16.6 Å². The minimum absolute atomic E-state index is 0.183. The molecule has 0 bridgehead atoms. The third-order valence-electron chi connectivity index (χ3n) is 2.11. The Labute approximate surface area is 119 Å². The Morgan fingerprint density at radius 3 is 2.72 bits per heavy atom. The van der Waals surface area contributed by atoms with E-state index in [-0.39, 0.29) is 10.7 Å². The highest BCUT2D eigenvalue weighted by atomic mass is 35.5. The van der Waals surface area contributed by atoms with Crippen molar-refractivity contribution in [2.45, 2.75) is 10.6 Å². The van der Waals surface area contributed by atoms with Crippen LogP contribution < -0.4 is 0 Å². The molecule has 0 fully saturated rings. The van der Waals surface area contributed by atoms with E-state index in [1.54, 1.807) is 0 Å². The molecule has 0 saturated carbocycles. The normalized spacial score (nSPS) is 10.1. The summed E-state index contributed by atoms with van der Waals surface area (Å²) in [4.78, 5) is 9.09. The van der Waals surface area contributed by atoms with E-state index in [1.807, 2.05) is 30.3 Å². The summed E-state index contributed by atoms with van der Waals surface area (Å²) >= 11 is 13.4. The zero-order valence-corrected chi connectivity index (χ0v) is 11.4. The molecule has 0 spiro atoms. The van der Waals surface area contributed by atoms with Gasteiger partial charge in [-0.1, -0.05) is 35.3 Å². The van der Waals surface area contributed by atoms with Gasteiger partial charge in [-0.3, -0.25) is 0 Å². The minimum Gasteiger partial charge on any atom is -0.239 e. The molecule has 0 aliphatic heterocycles. The molecule has 1 aromatic carbocycles. The van der Waals surface area contributed by atoms with Crippen LogP contribution in [-0.4, -0.2) is 9.97 Å². The fourth-order valence-electron chi connectivity index (χ4n) is 1.24. The van der Waals surface area contributed by atoms with Crippen molar-refractivity contribution >= 4 is 35.0 Å². The van der Waals surface area contributed by atoms with Crippen molar-refractivity contribution in [3.05, 3.63) is 52.0 Å². The van der Waals surface area contributed by atoms with E-state index in [2.05, 4.69) is 9.97 Å². The van der Waals surface area contributed by atoms with Crippen LogP contribution in [0.2, 0.25) is 10.2 Å². The first-order chi connectivity index (χ1) is 8.70. The first-order valence-electron chi connectivity index (χ1n) is 4.99. The molecular weight excluding hydrogens is 289 g/mol. The molecule has 1 heterocycles. The maximum atomic E-state index is 8.72. The van der Waals surface area contributed by atoms with Gasteiger partial charge in [0.15, 0.2) is 5.15 Å². The van der Waals surface area contributed by atoms with Gasteiger partial charge in [-0.2, -0.15) is 5.26 Å². The number of hydrogen-bond donors (Lipinski definition) is 0. The number of rotatable bonds is 3. The first kappa shape index (κ1) is 13.2. The second kappa shape index (κ2) is 6.05. The van der Waals surface area contributed by atoms with Crippen molar-refractivity contribution in [2.75, 3.05) is 0 Å². The van der Waals surface area contributed by atoms with Crippen molar-refractivity contribution in [2.24, 2.45) is 0 Å². The highest BCUT2D eigenvalue weighted by Crippen LogP contribution is 2.28. The Morgan fingerprint density at radius 1 is 1.28 bits per heavy atom. The summed E-state index contributed by atoms with van der Waals surface area (Å²) in [6.07, 6.45) is 1.43. The highest BCUT2D eigenvalue weighted by molar-refractivity contribution is 7.98. The van der Waals surface area contributed by atoms with Gasteiger partial charge in [-0.05, 0) is 12.1 Å². The molecule has 0 aliphatic carbocycles. The summed E-state index contributed by atoms with van der Waals surface area (Å²) in [5, 5.41) is 9.60. The van der Waals surface area contributed by atoms with E-state index in [4.69, 9.17) is 28.5 Å². The maximum absolute atomic E-state index is 8.72. The molecule has 6 heteroatoms. The Kier molecular flexibility index (Phi) is 4.43. The smallest absolute Gasteiger partial charge is 0.150 e. The van der Waals surface area contributed by atoms with E-state index >= 15 is 0 Å². The van der Waals surface area contributed by atoms with E-state index in [0.717, 1.165) is 4.90 Å². The molecule has 0 radical (unpaired) electrons. The van der Waals surface area contributed by atoms with Crippen molar-refractivity contribution in [3.8, 4) is 6.07 Å². The van der Waals surface area contributed by atoms with Crippen LogP contribution in [-0.2, 0) is 5.75 Å². The predicted octanol–water partition coefficient (Wildman–Crippen LogP) is 3.95. The lowest BCUT2D eigenvalue weighted by Gasteiger charge is -2.03. The lowest BCUT2D eigenvalue weighted by Crippen LogP contribution is -1.95. The van der Waals surface area contributed by atoms with Crippen LogP contribution in [0.4, 0.5) is 0 Å². The molecule has 3 nitrogen and oxygen atoms in total. The highest BCUT2D eigenvalue weighted by Gasteiger charge is 2.06. The number of aromatic nitrogens is 2. The number of halogens is 2. The van der Waals surface area contributed by atoms with Gasteiger partial charge < -0.3 is 0 Å². The fourth-order valence-corrected chi connectivity index (χ4v) is 2.54. The van der Waals surface area contributed by atoms with Gasteiger partial charge in [0.2, 0.25) is 0 Å². The van der Waals surface area contributed by atoms with Crippen LogP contribution in [0.3, 0.4) is 0 Å². The zero-order valence-electron chi connectivity index (χ0n) is 9.10. The van der Waals surface area contributed by atoms with Crippen LogP contribution in [0.1, 0.15) is 11.4 Å². The fraction of sp³-hybridized carbons (Fsp3) is 0.0833. The van der Waals surface area contributed by atoms with Gasteiger partial charge in [0, 0.05) is 11.1 Å². The number of nitrogens with zero attached hydrogens (tertiary/aromatic N) is 3. The van der Waals surface area contributed by atoms with Crippen LogP contribution in [0.5, 0.6) is 0 Å². The van der Waals surface area contributed by atoms with Gasteiger partial charge in [0.1, 0.15) is 17.5 Å². The average molecular weight is 296 g/mol. The van der Waals surface area contributed by atoms with Gasteiger partial charge in [0.05, 0.1) is 10.8 Å². The molecule has 0 amide bonds. The van der Waals surface area contributed by atoms with E-state index in [9.17, 15) is 0 Å². The molecule has 18 heavy (non-hydrogen) atoms. The minimum atomic E-state index is 0.183. The Hall–Kier alpha value is -1.28. The maximum Gasteiger partial charge on any atom is 0.150 e. The SMILES string of the molecule is N#Cc1cnc(CSc2ccccc2Cl)nc1Cl. The second-order valence-electron chi connectivity index (χ2n) is 3.32. The topological polar surface area (TPSA) is 49.6 Å². The predicted molar refractivity (Wildman–Crippen MR) is 72.8 cm³/mol. The summed E-state index contributed by atoms with van der Waals surface area (Å²) in [7, 11) is 0. The van der Waals surface area contributed by atoms with Crippen LogP contribution in [0.15, 0.2) is 35.4 Å². The van der Waals surface area contributed by atoms with Crippen LogP contribution >= 0.6 is 35.0 Å². The first-order valence-corrected chi connectivity index (χ1v) is 6.73. The number of hydrogen-bond acceptors (Lipinski definition) is 4. The van der Waals surface area contributed by atoms with Gasteiger partial charge >= 0.3 is 0 Å². The van der Waals surface area contributed by atoms with Crippen molar-refractivity contribution < 1.29 is 0 Å². The molecule has 0 atom stereocenters. The van der Waals surface area contributed by atoms with Gasteiger partial charge in [0.25, 0.3) is 0 Å². The third kappa shape index (κ3) is 3.14. The Balaban J connectivity index is 2.10. The molecule has 2 rings (SSSR count). The summed E-state index contributed by atoms with van der Waals surface area (Å²) in [5.74, 6) is 1.12. The third-order valence-corrected chi connectivity index (χ3v) is 3.91. The molecular formula is C12H7Cl2N3S. The summed E-state index contributed by atoms with van der Waals surface area (Å²) in [6.45, 7) is 0. The summed E-state index contributed by atoms with van der Waals surface area (Å²) in [5.41, 5.74) is 0.281. The van der Waals surface area contributed by atoms with Crippen LogP contribution in [0.25, 0.3) is 0 Å². The number of nitriles is 1. The molecule has 0 saturated heterocycles. The molecule has 2 aromatic rings. The average Bonchev–Trinajstić information content (AvgIpc) is 2.38. The van der Waals surface area contributed by atoms with Gasteiger partial charge in [-0.15, -0.1) is 11.8 Å². The molecule has 0 N–H and O–H groups in total. The molecule has 90 valence electrons. The van der Waals surface area contributed by atoms with E-state index < -0.39 is 0 Å². The standard InChI is InChI=1S/C12H7Cl2N3S/c13-9-3-1-2-4-10(9)18-7-11-16-6-8(5-15)12(14)17-11/h1-4,6H,7H2. The van der Waals surface area contributed by atoms with Crippen molar-refractivity contribution in [1.82, 2.24) is 9.97 Å². The van der Waals surface area contributed by atoms with Crippen molar-refractivity contribution in [1.29, 1.82) is 5.26 Å². The largest absolute Gasteiger partial charge is 0.239 e. The van der Waals surface area contributed by atoms with Gasteiger partial charge in [-0.25, -0.2) is 9.97 Å². The molecule has 0 unspecified atom stereocenters. The summed E-state index contributed by atoms with van der Waals surface area (Å²) in [6, 6.07) is 9.47.